The largest absolute Gasteiger partial charge is 0.244 e. The van der Waals surface area contributed by atoms with Crippen molar-refractivity contribution in [3.63, 3.8) is 0 Å². The van der Waals surface area contributed by atoms with Crippen molar-refractivity contribution in [2.45, 2.75) is 25.3 Å². The van der Waals surface area contributed by atoms with E-state index in [9.17, 15) is 8.42 Å². The van der Waals surface area contributed by atoms with Crippen LogP contribution in [0.4, 0.5) is 0 Å². The number of hydrogen-bond acceptors (Lipinski definition) is 3. The minimum Gasteiger partial charge on any atom is -0.244 e. The average molecular weight is 213 g/mol. The van der Waals surface area contributed by atoms with Gasteiger partial charge >= 0.3 is 0 Å². The fourth-order valence-corrected chi connectivity index (χ4v) is 1.78. The predicted octanol–water partition coefficient (Wildman–Crippen LogP) is 1.68. The SMILES string of the molecule is CC(C)Cc1ccc(S(C)(=O)=O)nc1. The molecule has 0 amide bonds. The molecule has 78 valence electrons. The zero-order valence-electron chi connectivity index (χ0n) is 8.69. The van der Waals surface area contributed by atoms with Gasteiger partial charge in [0.15, 0.2) is 14.9 Å². The predicted molar refractivity (Wildman–Crippen MR) is 55.9 cm³/mol. The van der Waals surface area contributed by atoms with Crippen molar-refractivity contribution in [3.05, 3.63) is 23.9 Å². The Balaban J connectivity index is 2.90. The lowest BCUT2D eigenvalue weighted by Gasteiger charge is -2.04. The summed E-state index contributed by atoms with van der Waals surface area (Å²) >= 11 is 0. The number of rotatable bonds is 3. The summed E-state index contributed by atoms with van der Waals surface area (Å²) in [7, 11) is -3.16. The number of hydrogen-bond donors (Lipinski definition) is 0. The van der Waals surface area contributed by atoms with Crippen LogP contribution in [0.3, 0.4) is 0 Å². The molecule has 0 aliphatic carbocycles. The summed E-state index contributed by atoms with van der Waals surface area (Å²) in [4.78, 5) is 3.92. The molecular formula is C10H15NO2S. The van der Waals surface area contributed by atoms with Crippen molar-refractivity contribution in [2.24, 2.45) is 5.92 Å². The molecule has 1 aromatic heterocycles. The monoisotopic (exact) mass is 213 g/mol. The summed E-state index contributed by atoms with van der Waals surface area (Å²) in [5.41, 5.74) is 1.08. The molecule has 0 aliphatic rings. The van der Waals surface area contributed by atoms with Crippen LogP contribution in [-0.4, -0.2) is 19.7 Å². The summed E-state index contributed by atoms with van der Waals surface area (Å²) in [5.74, 6) is 0.556. The quantitative estimate of drug-likeness (QED) is 0.767. The molecule has 0 saturated carbocycles. The molecular weight excluding hydrogens is 198 g/mol. The first-order valence-electron chi connectivity index (χ1n) is 4.54. The highest BCUT2D eigenvalue weighted by Crippen LogP contribution is 2.10. The fraction of sp³-hybridized carbons (Fsp3) is 0.500. The molecule has 0 atom stereocenters. The normalized spacial score (nSPS) is 12.0. The molecule has 0 aliphatic heterocycles. The molecule has 0 fully saturated rings. The maximum absolute atomic E-state index is 11.1. The van der Waals surface area contributed by atoms with E-state index in [2.05, 4.69) is 18.8 Å². The first kappa shape index (κ1) is 11.2. The van der Waals surface area contributed by atoms with E-state index in [1.54, 1.807) is 12.3 Å². The van der Waals surface area contributed by atoms with Crippen LogP contribution < -0.4 is 0 Å². The van der Waals surface area contributed by atoms with Crippen LogP contribution in [0.5, 0.6) is 0 Å². The van der Waals surface area contributed by atoms with Crippen molar-refractivity contribution in [1.29, 1.82) is 0 Å². The molecule has 0 aromatic carbocycles. The average Bonchev–Trinajstić information content (AvgIpc) is 2.02. The molecule has 3 nitrogen and oxygen atoms in total. The summed E-state index contributed by atoms with van der Waals surface area (Å²) in [6.45, 7) is 4.23. The molecule has 4 heteroatoms. The summed E-state index contributed by atoms with van der Waals surface area (Å²) in [6, 6.07) is 3.39. The zero-order valence-corrected chi connectivity index (χ0v) is 9.50. The van der Waals surface area contributed by atoms with E-state index in [1.807, 2.05) is 6.07 Å². The highest BCUT2D eigenvalue weighted by Gasteiger charge is 2.08. The third-order valence-electron chi connectivity index (χ3n) is 1.82. The van der Waals surface area contributed by atoms with Gasteiger partial charge in [0.1, 0.15) is 0 Å². The molecule has 1 aromatic rings. The lowest BCUT2D eigenvalue weighted by Crippen LogP contribution is -2.01. The Morgan fingerprint density at radius 1 is 1.36 bits per heavy atom. The van der Waals surface area contributed by atoms with E-state index in [0.29, 0.717) is 5.92 Å². The van der Waals surface area contributed by atoms with E-state index < -0.39 is 9.84 Å². The number of nitrogens with zero attached hydrogens (tertiary/aromatic N) is 1. The number of aromatic nitrogens is 1. The minimum atomic E-state index is -3.16. The van der Waals surface area contributed by atoms with Gasteiger partial charge in [-0.1, -0.05) is 19.9 Å². The van der Waals surface area contributed by atoms with E-state index >= 15 is 0 Å². The molecule has 0 unspecified atom stereocenters. The molecule has 0 spiro atoms. The lowest BCUT2D eigenvalue weighted by atomic mass is 10.1. The van der Waals surface area contributed by atoms with Crippen LogP contribution in [0, 0.1) is 5.92 Å². The topological polar surface area (TPSA) is 47.0 Å². The molecule has 0 N–H and O–H groups in total. The smallest absolute Gasteiger partial charge is 0.192 e. The maximum atomic E-state index is 11.1. The standard InChI is InChI=1S/C10H15NO2S/c1-8(2)6-9-4-5-10(11-7-9)14(3,12)13/h4-5,7-8H,6H2,1-3H3. The fourth-order valence-electron chi connectivity index (χ4n) is 1.22. The molecule has 0 bridgehead atoms. The number of pyridine rings is 1. The third kappa shape index (κ3) is 3.10. The Hall–Kier alpha value is -0.900. The second-order valence-electron chi connectivity index (χ2n) is 3.87. The Kier molecular flexibility index (Phi) is 3.26. The van der Waals surface area contributed by atoms with E-state index in [4.69, 9.17) is 0 Å². The van der Waals surface area contributed by atoms with E-state index in [-0.39, 0.29) is 5.03 Å². The van der Waals surface area contributed by atoms with Crippen LogP contribution >= 0.6 is 0 Å². The molecule has 1 rings (SSSR count). The van der Waals surface area contributed by atoms with Gasteiger partial charge in [0.05, 0.1) is 0 Å². The second kappa shape index (κ2) is 4.09. The Morgan fingerprint density at radius 3 is 2.36 bits per heavy atom. The van der Waals surface area contributed by atoms with Gasteiger partial charge < -0.3 is 0 Å². The van der Waals surface area contributed by atoms with Crippen LogP contribution in [-0.2, 0) is 16.3 Å². The first-order valence-corrected chi connectivity index (χ1v) is 6.43. The van der Waals surface area contributed by atoms with Gasteiger partial charge in [-0.3, -0.25) is 0 Å². The number of sulfone groups is 1. The van der Waals surface area contributed by atoms with Crippen LogP contribution in [0.1, 0.15) is 19.4 Å². The molecule has 0 saturated heterocycles. The zero-order chi connectivity index (χ0) is 10.8. The van der Waals surface area contributed by atoms with Gasteiger partial charge in [-0.25, -0.2) is 13.4 Å². The van der Waals surface area contributed by atoms with E-state index in [1.165, 1.54) is 0 Å². The van der Waals surface area contributed by atoms with Crippen molar-refractivity contribution in [2.75, 3.05) is 6.26 Å². The van der Waals surface area contributed by atoms with E-state index in [0.717, 1.165) is 18.2 Å². The molecule has 0 radical (unpaired) electrons. The van der Waals surface area contributed by atoms with Gasteiger partial charge in [0, 0.05) is 12.5 Å². The van der Waals surface area contributed by atoms with Crippen molar-refractivity contribution in [3.8, 4) is 0 Å². The summed E-state index contributed by atoms with van der Waals surface area (Å²) in [5, 5.41) is 0.144. The van der Waals surface area contributed by atoms with Crippen molar-refractivity contribution in [1.82, 2.24) is 4.98 Å². The third-order valence-corrected chi connectivity index (χ3v) is 2.82. The first-order chi connectivity index (χ1) is 6.39. The summed E-state index contributed by atoms with van der Waals surface area (Å²) < 4.78 is 22.2. The van der Waals surface area contributed by atoms with Crippen LogP contribution in [0.25, 0.3) is 0 Å². The minimum absolute atomic E-state index is 0.144. The van der Waals surface area contributed by atoms with Gasteiger partial charge in [-0.05, 0) is 24.0 Å². The highest BCUT2D eigenvalue weighted by molar-refractivity contribution is 7.90. The maximum Gasteiger partial charge on any atom is 0.192 e. The summed E-state index contributed by atoms with van der Waals surface area (Å²) in [6.07, 6.45) is 3.73. The molecule has 14 heavy (non-hydrogen) atoms. The highest BCUT2D eigenvalue weighted by atomic mass is 32.2. The Morgan fingerprint density at radius 2 is 2.00 bits per heavy atom. The van der Waals surface area contributed by atoms with Crippen molar-refractivity contribution >= 4 is 9.84 Å². The Labute approximate surface area is 85.1 Å². The van der Waals surface area contributed by atoms with Gasteiger partial charge in [0.25, 0.3) is 0 Å². The van der Waals surface area contributed by atoms with Gasteiger partial charge in [0.2, 0.25) is 0 Å². The van der Waals surface area contributed by atoms with Gasteiger partial charge in [-0.2, -0.15) is 0 Å². The van der Waals surface area contributed by atoms with Crippen molar-refractivity contribution < 1.29 is 8.42 Å². The lowest BCUT2D eigenvalue weighted by molar-refractivity contribution is 0.597. The van der Waals surface area contributed by atoms with Gasteiger partial charge in [-0.15, -0.1) is 0 Å². The van der Waals surface area contributed by atoms with Crippen LogP contribution in [0.15, 0.2) is 23.4 Å². The Bertz CT molecular complexity index is 393. The molecule has 1 heterocycles. The van der Waals surface area contributed by atoms with Crippen LogP contribution in [0.2, 0.25) is 0 Å². The second-order valence-corrected chi connectivity index (χ2v) is 5.84.